The van der Waals surface area contributed by atoms with Crippen molar-refractivity contribution in [3.63, 3.8) is 0 Å². The van der Waals surface area contributed by atoms with Crippen LogP contribution >= 0.6 is 0 Å². The molecule has 0 radical (unpaired) electrons. The number of aryl methyl sites for hydroxylation is 1. The van der Waals surface area contributed by atoms with Crippen LogP contribution in [0.1, 0.15) is 22.8 Å². The minimum atomic E-state index is -2.80. The Balaban J connectivity index is 2.45. The van der Waals surface area contributed by atoms with Crippen LogP contribution in [0.3, 0.4) is 0 Å². The van der Waals surface area contributed by atoms with Crippen LogP contribution in [0.2, 0.25) is 0 Å². The molecular weight excluding hydrogens is 334 g/mol. The minimum absolute atomic E-state index is 0.00134. The molecule has 132 valence electrons. The van der Waals surface area contributed by atoms with Gasteiger partial charge in [-0.1, -0.05) is 5.21 Å². The molecule has 0 bridgehead atoms. The predicted octanol–water partition coefficient (Wildman–Crippen LogP) is 1.59. The summed E-state index contributed by atoms with van der Waals surface area (Å²) < 4.78 is 25.5. The molecule has 2 aromatic rings. The van der Waals surface area contributed by atoms with Crippen molar-refractivity contribution in [2.45, 2.75) is 20.3 Å². The summed E-state index contributed by atoms with van der Waals surface area (Å²) >= 11 is 0. The third-order valence-corrected chi connectivity index (χ3v) is 3.51. The molecule has 0 aliphatic carbocycles. The number of H-pyrrole nitrogens is 1. The van der Waals surface area contributed by atoms with Crippen molar-refractivity contribution < 1.29 is 18.4 Å². The molecule has 1 heterocycles. The van der Waals surface area contributed by atoms with Crippen molar-refractivity contribution in [3.8, 4) is 0 Å². The van der Waals surface area contributed by atoms with Crippen LogP contribution in [0.25, 0.3) is 11.0 Å². The standard InChI is InChI=1S/C15H16F2N6O2/c1-6-4-8-12(22-23-21-8)10(14(18)24)11(6)20-15(25)7(2)5-9(19-3)13(16)17/h4-5,13H,1-3H3,(H2,18,24)(H,20,25)(H,21,22,23)/b7-5+,19-9+. The molecule has 25 heavy (non-hydrogen) atoms. The second-order valence-electron chi connectivity index (χ2n) is 5.24. The summed E-state index contributed by atoms with van der Waals surface area (Å²) in [6, 6.07) is 1.61. The Kier molecular flexibility index (Phi) is 5.20. The maximum Gasteiger partial charge on any atom is 0.279 e. The number of alkyl halides is 2. The lowest BCUT2D eigenvalue weighted by atomic mass is 10.0. The van der Waals surface area contributed by atoms with E-state index in [1.807, 2.05) is 0 Å². The SMILES string of the molecule is C/N=C(\C=C(/C)C(=O)Nc1c(C)cc2nn[nH]c2c1C(N)=O)C(F)F. The van der Waals surface area contributed by atoms with Gasteiger partial charge in [-0.05, 0) is 31.6 Å². The van der Waals surface area contributed by atoms with Crippen LogP contribution in [0.15, 0.2) is 22.7 Å². The Labute approximate surface area is 141 Å². The number of carbonyl (C=O) groups is 2. The number of aromatic amines is 1. The molecule has 2 rings (SSSR count). The van der Waals surface area contributed by atoms with E-state index in [9.17, 15) is 18.4 Å². The lowest BCUT2D eigenvalue weighted by molar-refractivity contribution is -0.112. The Hall–Kier alpha value is -3.17. The first kappa shape index (κ1) is 18.2. The van der Waals surface area contributed by atoms with Gasteiger partial charge in [0.05, 0.1) is 11.3 Å². The Bertz CT molecular complexity index is 901. The summed E-state index contributed by atoms with van der Waals surface area (Å²) in [4.78, 5) is 27.6. The smallest absolute Gasteiger partial charge is 0.279 e. The Morgan fingerprint density at radius 1 is 1.44 bits per heavy atom. The molecule has 0 fully saturated rings. The zero-order valence-corrected chi connectivity index (χ0v) is 13.7. The highest BCUT2D eigenvalue weighted by atomic mass is 19.3. The number of halogens is 2. The van der Waals surface area contributed by atoms with Gasteiger partial charge in [0.1, 0.15) is 16.7 Å². The van der Waals surface area contributed by atoms with Crippen LogP contribution in [0.4, 0.5) is 14.5 Å². The number of allylic oxidation sites excluding steroid dienone is 1. The molecule has 0 aliphatic heterocycles. The third-order valence-electron chi connectivity index (χ3n) is 3.51. The van der Waals surface area contributed by atoms with Gasteiger partial charge in [-0.15, -0.1) is 5.10 Å². The van der Waals surface area contributed by atoms with Crippen molar-refractivity contribution in [2.75, 3.05) is 12.4 Å². The first-order valence-electron chi connectivity index (χ1n) is 7.14. The van der Waals surface area contributed by atoms with Gasteiger partial charge in [0, 0.05) is 12.6 Å². The van der Waals surface area contributed by atoms with Gasteiger partial charge in [-0.3, -0.25) is 19.7 Å². The van der Waals surface area contributed by atoms with E-state index in [4.69, 9.17) is 5.73 Å². The fraction of sp³-hybridized carbons (Fsp3) is 0.267. The van der Waals surface area contributed by atoms with Gasteiger partial charge < -0.3 is 11.1 Å². The molecule has 10 heteroatoms. The summed E-state index contributed by atoms with van der Waals surface area (Å²) in [6.45, 7) is 3.01. The lowest BCUT2D eigenvalue weighted by Gasteiger charge is -2.13. The van der Waals surface area contributed by atoms with E-state index in [0.29, 0.717) is 11.1 Å². The van der Waals surface area contributed by atoms with Crippen molar-refractivity contribution in [3.05, 3.63) is 28.8 Å². The average Bonchev–Trinajstić information content (AvgIpc) is 2.99. The number of hydrogen-bond acceptors (Lipinski definition) is 5. The number of nitrogens with one attached hydrogen (secondary N) is 2. The highest BCUT2D eigenvalue weighted by Gasteiger charge is 2.21. The summed E-state index contributed by atoms with van der Waals surface area (Å²) in [5.74, 6) is -1.46. The molecule has 0 saturated carbocycles. The number of aromatic nitrogens is 3. The number of nitrogens with zero attached hydrogens (tertiary/aromatic N) is 3. The van der Waals surface area contributed by atoms with E-state index in [0.717, 1.165) is 6.08 Å². The maximum atomic E-state index is 12.7. The fourth-order valence-corrected chi connectivity index (χ4v) is 2.25. The van der Waals surface area contributed by atoms with Crippen molar-refractivity contribution in [1.82, 2.24) is 15.4 Å². The van der Waals surface area contributed by atoms with E-state index in [1.165, 1.54) is 14.0 Å². The number of primary amides is 1. The normalized spacial score (nSPS) is 12.7. The average molecular weight is 350 g/mol. The zero-order chi connectivity index (χ0) is 18.7. The molecule has 0 unspecified atom stereocenters. The molecule has 8 nitrogen and oxygen atoms in total. The van der Waals surface area contributed by atoms with Crippen molar-refractivity contribution >= 4 is 34.2 Å². The van der Waals surface area contributed by atoms with Crippen LogP contribution in [0.5, 0.6) is 0 Å². The van der Waals surface area contributed by atoms with E-state index in [1.54, 1.807) is 13.0 Å². The first-order valence-corrected chi connectivity index (χ1v) is 7.14. The minimum Gasteiger partial charge on any atom is -0.365 e. The van der Waals surface area contributed by atoms with Gasteiger partial charge in [-0.2, -0.15) is 0 Å². The second-order valence-corrected chi connectivity index (χ2v) is 5.24. The van der Waals surface area contributed by atoms with Gasteiger partial charge in [0.25, 0.3) is 18.2 Å². The van der Waals surface area contributed by atoms with Crippen molar-refractivity contribution in [2.24, 2.45) is 10.7 Å². The first-order chi connectivity index (χ1) is 11.8. The van der Waals surface area contributed by atoms with Crippen LogP contribution < -0.4 is 11.1 Å². The van der Waals surface area contributed by atoms with Gasteiger partial charge >= 0.3 is 0 Å². The third kappa shape index (κ3) is 3.67. The Morgan fingerprint density at radius 3 is 2.68 bits per heavy atom. The molecule has 0 atom stereocenters. The molecule has 0 aliphatic rings. The molecule has 0 spiro atoms. The van der Waals surface area contributed by atoms with E-state index < -0.39 is 24.0 Å². The highest BCUT2D eigenvalue weighted by Crippen LogP contribution is 2.27. The number of fused-ring (bicyclic) bond motifs is 1. The molecule has 1 aromatic carbocycles. The number of rotatable bonds is 5. The molecule has 1 aromatic heterocycles. The second kappa shape index (κ2) is 7.16. The van der Waals surface area contributed by atoms with Gasteiger partial charge in [0.2, 0.25) is 0 Å². The number of aliphatic imine (C=N–C) groups is 1. The summed E-state index contributed by atoms with van der Waals surface area (Å²) in [6.07, 6.45) is -1.82. The summed E-state index contributed by atoms with van der Waals surface area (Å²) in [5.41, 5.74) is 6.27. The Morgan fingerprint density at radius 2 is 2.12 bits per heavy atom. The highest BCUT2D eigenvalue weighted by molar-refractivity contribution is 6.15. The van der Waals surface area contributed by atoms with E-state index >= 15 is 0 Å². The van der Waals surface area contributed by atoms with Crippen LogP contribution in [-0.2, 0) is 4.79 Å². The number of carbonyl (C=O) groups excluding carboxylic acids is 2. The maximum absolute atomic E-state index is 12.7. The molecule has 0 saturated heterocycles. The molecule has 4 N–H and O–H groups in total. The molecule has 2 amide bonds. The molecular formula is C15H16F2N6O2. The topological polar surface area (TPSA) is 126 Å². The van der Waals surface area contributed by atoms with Gasteiger partial charge in [-0.25, -0.2) is 8.78 Å². The van der Waals surface area contributed by atoms with Crippen LogP contribution in [0, 0.1) is 6.92 Å². The van der Waals surface area contributed by atoms with E-state index in [2.05, 4.69) is 25.7 Å². The number of hydrogen-bond donors (Lipinski definition) is 3. The lowest BCUT2D eigenvalue weighted by Crippen LogP contribution is -2.21. The monoisotopic (exact) mass is 350 g/mol. The number of nitrogens with two attached hydrogens (primary N) is 1. The number of benzene rings is 1. The van der Waals surface area contributed by atoms with Crippen LogP contribution in [-0.4, -0.2) is 46.4 Å². The number of anilines is 1. The van der Waals surface area contributed by atoms with Gasteiger partial charge in [0.15, 0.2) is 0 Å². The van der Waals surface area contributed by atoms with E-state index in [-0.39, 0.29) is 22.3 Å². The quantitative estimate of drug-likeness (QED) is 0.559. The zero-order valence-electron chi connectivity index (χ0n) is 13.7. The summed E-state index contributed by atoms with van der Waals surface area (Å²) in [7, 11) is 1.21. The summed E-state index contributed by atoms with van der Waals surface area (Å²) in [5, 5.41) is 12.5. The fourth-order valence-electron chi connectivity index (χ4n) is 2.25. The largest absolute Gasteiger partial charge is 0.365 e. The number of amides is 2. The predicted molar refractivity (Wildman–Crippen MR) is 88.9 cm³/mol. The van der Waals surface area contributed by atoms with Crippen molar-refractivity contribution in [1.29, 1.82) is 0 Å².